The Morgan fingerprint density at radius 2 is 1.24 bits per heavy atom. The van der Waals surface area contributed by atoms with Crippen molar-refractivity contribution in [3.05, 3.63) is 48.5 Å². The summed E-state index contributed by atoms with van der Waals surface area (Å²) < 4.78 is 29.1. The molecule has 0 aliphatic carbocycles. The molecule has 0 spiro atoms. The molecular weight excluding hydrogens is 284 g/mol. The molecule has 2 aromatic carbocycles. The first-order chi connectivity index (χ1) is 9.75. The minimum atomic E-state index is -3.31. The number of benzene rings is 2. The summed E-state index contributed by atoms with van der Waals surface area (Å²) in [5.41, 5.74) is 2.00. The first kappa shape index (κ1) is 15.6. The Labute approximate surface area is 126 Å². The van der Waals surface area contributed by atoms with Crippen LogP contribution in [0.2, 0.25) is 0 Å². The molecule has 0 N–H and O–H groups in total. The van der Waals surface area contributed by atoms with E-state index in [9.17, 15) is 8.42 Å². The lowest BCUT2D eigenvalue weighted by atomic mass is 10.1. The third kappa shape index (κ3) is 3.10. The smallest absolute Gasteiger partial charge is 0.183 e. The lowest BCUT2D eigenvalue weighted by Gasteiger charge is -2.19. The minimum absolute atomic E-state index is 0.354. The molecule has 4 heteroatoms. The predicted molar refractivity (Wildman–Crippen MR) is 85.4 cm³/mol. The molecule has 0 saturated carbocycles. The van der Waals surface area contributed by atoms with Crippen molar-refractivity contribution in [3.8, 4) is 16.9 Å². The summed E-state index contributed by atoms with van der Waals surface area (Å²) in [6.07, 6.45) is 0. The Morgan fingerprint density at radius 1 is 0.810 bits per heavy atom. The molecule has 0 heterocycles. The van der Waals surface area contributed by atoms with Crippen LogP contribution in [0.1, 0.15) is 20.8 Å². The fraction of sp³-hybridized carbons (Fsp3) is 0.294. The van der Waals surface area contributed by atoms with Gasteiger partial charge in [0.2, 0.25) is 0 Å². The van der Waals surface area contributed by atoms with Crippen molar-refractivity contribution >= 4 is 9.84 Å². The molecular formula is C17H20O3S. The number of sulfone groups is 1. The lowest BCUT2D eigenvalue weighted by molar-refractivity contribution is 0.415. The molecule has 3 nitrogen and oxygen atoms in total. The van der Waals surface area contributed by atoms with Crippen LogP contribution in [0, 0.1) is 0 Å². The highest BCUT2D eigenvalue weighted by Gasteiger charge is 2.30. The lowest BCUT2D eigenvalue weighted by Crippen LogP contribution is -2.27. The Kier molecular flexibility index (Phi) is 4.10. The molecule has 21 heavy (non-hydrogen) atoms. The Morgan fingerprint density at radius 3 is 1.62 bits per heavy atom. The van der Waals surface area contributed by atoms with E-state index in [1.807, 2.05) is 36.4 Å². The van der Waals surface area contributed by atoms with Gasteiger partial charge in [0.05, 0.1) is 16.8 Å². The summed E-state index contributed by atoms with van der Waals surface area (Å²) in [6.45, 7) is 5.12. The monoisotopic (exact) mass is 304 g/mol. The van der Waals surface area contributed by atoms with Crippen LogP contribution in [0.4, 0.5) is 0 Å². The first-order valence-electron chi connectivity index (χ1n) is 6.75. The Bertz CT molecular complexity index is 706. The van der Waals surface area contributed by atoms with Crippen LogP contribution in [-0.4, -0.2) is 20.3 Å². The number of rotatable bonds is 3. The van der Waals surface area contributed by atoms with E-state index in [-0.39, 0.29) is 0 Å². The molecule has 2 rings (SSSR count). The van der Waals surface area contributed by atoms with Gasteiger partial charge in [-0.25, -0.2) is 8.42 Å². The summed E-state index contributed by atoms with van der Waals surface area (Å²) >= 11 is 0. The largest absolute Gasteiger partial charge is 0.497 e. The zero-order chi connectivity index (χ0) is 15.7. The normalized spacial score (nSPS) is 12.2. The van der Waals surface area contributed by atoms with Gasteiger partial charge in [-0.3, -0.25) is 0 Å². The molecule has 2 aromatic rings. The van der Waals surface area contributed by atoms with Crippen LogP contribution in [-0.2, 0) is 9.84 Å². The van der Waals surface area contributed by atoms with E-state index in [2.05, 4.69) is 0 Å². The van der Waals surface area contributed by atoms with Crippen LogP contribution in [0.15, 0.2) is 53.4 Å². The molecule has 0 aromatic heterocycles. The van der Waals surface area contributed by atoms with Crippen LogP contribution >= 0.6 is 0 Å². The van der Waals surface area contributed by atoms with Gasteiger partial charge in [0.15, 0.2) is 9.84 Å². The van der Waals surface area contributed by atoms with Gasteiger partial charge in [0, 0.05) is 0 Å². The Balaban J connectivity index is 2.35. The SMILES string of the molecule is COc1ccc(-c2ccc(S(=O)(=O)C(C)(C)C)cc2)cc1. The second-order valence-corrected chi connectivity index (χ2v) is 8.57. The van der Waals surface area contributed by atoms with Gasteiger partial charge in [-0.15, -0.1) is 0 Å². The molecule has 0 unspecified atom stereocenters. The standard InChI is InChI=1S/C17H20O3S/c1-17(2,3)21(18,19)16-11-7-14(8-12-16)13-5-9-15(20-4)10-6-13/h5-12H,1-4H3. The van der Waals surface area contributed by atoms with Crippen molar-refractivity contribution in [2.24, 2.45) is 0 Å². The maximum atomic E-state index is 12.4. The minimum Gasteiger partial charge on any atom is -0.497 e. The van der Waals surface area contributed by atoms with Crippen LogP contribution in [0.25, 0.3) is 11.1 Å². The van der Waals surface area contributed by atoms with E-state index < -0.39 is 14.6 Å². The van der Waals surface area contributed by atoms with Gasteiger partial charge >= 0.3 is 0 Å². The van der Waals surface area contributed by atoms with Crippen molar-refractivity contribution in [1.29, 1.82) is 0 Å². The molecule has 0 radical (unpaired) electrons. The maximum absolute atomic E-state index is 12.4. The van der Waals surface area contributed by atoms with Crippen LogP contribution in [0.3, 0.4) is 0 Å². The zero-order valence-corrected chi connectivity index (χ0v) is 13.6. The summed E-state index contributed by atoms with van der Waals surface area (Å²) in [4.78, 5) is 0.354. The van der Waals surface area contributed by atoms with Gasteiger partial charge in [-0.05, 0) is 56.2 Å². The average Bonchev–Trinajstić information content (AvgIpc) is 2.46. The highest BCUT2D eigenvalue weighted by Crippen LogP contribution is 2.28. The van der Waals surface area contributed by atoms with E-state index in [0.717, 1.165) is 16.9 Å². The molecule has 0 aliphatic heterocycles. The number of methoxy groups -OCH3 is 1. The highest BCUT2D eigenvalue weighted by molar-refractivity contribution is 7.92. The van der Waals surface area contributed by atoms with Crippen molar-refractivity contribution < 1.29 is 13.2 Å². The van der Waals surface area contributed by atoms with Crippen LogP contribution in [0.5, 0.6) is 5.75 Å². The van der Waals surface area contributed by atoms with E-state index >= 15 is 0 Å². The van der Waals surface area contributed by atoms with E-state index in [1.54, 1.807) is 40.0 Å². The fourth-order valence-electron chi connectivity index (χ4n) is 1.96. The van der Waals surface area contributed by atoms with Gasteiger partial charge in [0.25, 0.3) is 0 Å². The third-order valence-corrected chi connectivity index (χ3v) is 5.90. The van der Waals surface area contributed by atoms with Crippen molar-refractivity contribution in [3.63, 3.8) is 0 Å². The number of hydrogen-bond donors (Lipinski definition) is 0. The molecule has 0 aliphatic rings. The van der Waals surface area contributed by atoms with Gasteiger partial charge in [0.1, 0.15) is 5.75 Å². The van der Waals surface area contributed by atoms with Gasteiger partial charge in [-0.2, -0.15) is 0 Å². The topological polar surface area (TPSA) is 43.4 Å². The first-order valence-corrected chi connectivity index (χ1v) is 8.23. The molecule has 0 amide bonds. The third-order valence-electron chi connectivity index (χ3n) is 3.39. The summed E-state index contributed by atoms with van der Waals surface area (Å²) in [7, 11) is -1.68. The summed E-state index contributed by atoms with van der Waals surface area (Å²) in [6, 6.07) is 14.7. The molecule has 0 saturated heterocycles. The summed E-state index contributed by atoms with van der Waals surface area (Å²) in [5.74, 6) is 0.797. The summed E-state index contributed by atoms with van der Waals surface area (Å²) in [5, 5.41) is 0. The van der Waals surface area contributed by atoms with Gasteiger partial charge < -0.3 is 4.74 Å². The second kappa shape index (κ2) is 5.53. The predicted octanol–water partition coefficient (Wildman–Crippen LogP) is 3.93. The second-order valence-electron chi connectivity index (χ2n) is 5.87. The number of hydrogen-bond acceptors (Lipinski definition) is 3. The highest BCUT2D eigenvalue weighted by atomic mass is 32.2. The molecule has 0 bridgehead atoms. The van der Waals surface area contributed by atoms with E-state index in [0.29, 0.717) is 4.90 Å². The zero-order valence-electron chi connectivity index (χ0n) is 12.8. The molecule has 112 valence electrons. The molecule has 0 atom stereocenters. The maximum Gasteiger partial charge on any atom is 0.183 e. The van der Waals surface area contributed by atoms with Crippen LogP contribution < -0.4 is 4.74 Å². The van der Waals surface area contributed by atoms with Crippen molar-refractivity contribution in [1.82, 2.24) is 0 Å². The van der Waals surface area contributed by atoms with E-state index in [4.69, 9.17) is 4.74 Å². The van der Waals surface area contributed by atoms with Crippen molar-refractivity contribution in [2.45, 2.75) is 30.4 Å². The average molecular weight is 304 g/mol. The molecule has 0 fully saturated rings. The Hall–Kier alpha value is -1.81. The van der Waals surface area contributed by atoms with Crippen molar-refractivity contribution in [2.75, 3.05) is 7.11 Å². The fourth-order valence-corrected chi connectivity index (χ4v) is 3.17. The van der Waals surface area contributed by atoms with E-state index in [1.165, 1.54) is 0 Å². The quantitative estimate of drug-likeness (QED) is 0.863. The van der Waals surface area contributed by atoms with Gasteiger partial charge in [-0.1, -0.05) is 24.3 Å². The number of ether oxygens (including phenoxy) is 1.